The maximum atomic E-state index is 11.7. The highest BCUT2D eigenvalue weighted by atomic mass is 16.4. The minimum absolute atomic E-state index is 0.0362. The molecule has 1 amide bonds. The Labute approximate surface area is 93.1 Å². The van der Waals surface area contributed by atoms with Crippen molar-refractivity contribution in [1.29, 1.82) is 0 Å². The number of hydrogen-bond donors (Lipinski definition) is 2. The number of amides is 1. The second kappa shape index (κ2) is 5.03. The van der Waals surface area contributed by atoms with Gasteiger partial charge < -0.3 is 15.0 Å². The molecule has 0 saturated carbocycles. The van der Waals surface area contributed by atoms with E-state index in [1.54, 1.807) is 29.9 Å². The minimum Gasteiger partial charge on any atom is -0.480 e. The number of nitrogens with one attached hydrogen (secondary N) is 1. The monoisotopic (exact) mass is 220 g/mol. The standard InChI is InChI=1S/C11H12N2O3/c1-3-5-8(11(15)16)12-10(14)9-6-4-7-13(9)2/h1,4,6-8H,5H2,2H3,(H,12,14)(H,15,16). The molecule has 0 saturated heterocycles. The fourth-order valence-corrected chi connectivity index (χ4v) is 1.25. The van der Waals surface area contributed by atoms with Gasteiger partial charge in [0.15, 0.2) is 0 Å². The second-order valence-electron chi connectivity index (χ2n) is 3.28. The predicted octanol–water partition coefficient (Wildman–Crippen LogP) is 0.231. The van der Waals surface area contributed by atoms with Gasteiger partial charge in [0.1, 0.15) is 11.7 Å². The maximum absolute atomic E-state index is 11.7. The average molecular weight is 220 g/mol. The lowest BCUT2D eigenvalue weighted by molar-refractivity contribution is -0.139. The van der Waals surface area contributed by atoms with E-state index in [4.69, 9.17) is 11.5 Å². The number of aromatic nitrogens is 1. The lowest BCUT2D eigenvalue weighted by atomic mass is 10.2. The van der Waals surface area contributed by atoms with Crippen LogP contribution in [0, 0.1) is 12.3 Å². The van der Waals surface area contributed by atoms with Crippen molar-refractivity contribution in [2.24, 2.45) is 7.05 Å². The van der Waals surface area contributed by atoms with Crippen molar-refractivity contribution >= 4 is 11.9 Å². The Morgan fingerprint density at radius 1 is 1.69 bits per heavy atom. The van der Waals surface area contributed by atoms with Gasteiger partial charge in [0.25, 0.3) is 5.91 Å². The average Bonchev–Trinajstić information content (AvgIpc) is 2.63. The van der Waals surface area contributed by atoms with Crippen LogP contribution in [0.2, 0.25) is 0 Å². The van der Waals surface area contributed by atoms with E-state index in [0.29, 0.717) is 5.69 Å². The third-order valence-corrected chi connectivity index (χ3v) is 2.10. The number of aryl methyl sites for hydroxylation is 1. The molecule has 0 aliphatic rings. The molecular weight excluding hydrogens is 208 g/mol. The summed E-state index contributed by atoms with van der Waals surface area (Å²) in [7, 11) is 1.70. The molecule has 0 bridgehead atoms. The third-order valence-electron chi connectivity index (χ3n) is 2.10. The lowest BCUT2D eigenvalue weighted by Gasteiger charge is -2.11. The van der Waals surface area contributed by atoms with Gasteiger partial charge in [0, 0.05) is 19.7 Å². The second-order valence-corrected chi connectivity index (χ2v) is 3.28. The molecule has 0 aliphatic heterocycles. The first kappa shape index (κ1) is 11.9. The maximum Gasteiger partial charge on any atom is 0.327 e. The Bertz CT molecular complexity index is 442. The van der Waals surface area contributed by atoms with Crippen LogP contribution in [0.3, 0.4) is 0 Å². The van der Waals surface area contributed by atoms with Gasteiger partial charge in [0.2, 0.25) is 0 Å². The van der Waals surface area contributed by atoms with Gasteiger partial charge in [-0.1, -0.05) is 0 Å². The van der Waals surface area contributed by atoms with Crippen molar-refractivity contribution in [1.82, 2.24) is 9.88 Å². The summed E-state index contributed by atoms with van der Waals surface area (Å²) in [4.78, 5) is 22.4. The third kappa shape index (κ3) is 2.64. The van der Waals surface area contributed by atoms with Crippen LogP contribution in [-0.4, -0.2) is 27.6 Å². The van der Waals surface area contributed by atoms with E-state index in [2.05, 4.69) is 11.2 Å². The number of carbonyl (C=O) groups is 2. The van der Waals surface area contributed by atoms with Crippen molar-refractivity contribution < 1.29 is 14.7 Å². The van der Waals surface area contributed by atoms with Crippen LogP contribution in [0.5, 0.6) is 0 Å². The summed E-state index contributed by atoms with van der Waals surface area (Å²) in [5.74, 6) is 0.625. The summed E-state index contributed by atoms with van der Waals surface area (Å²) in [6.45, 7) is 0. The molecule has 0 spiro atoms. The van der Waals surface area contributed by atoms with Crippen LogP contribution in [0.1, 0.15) is 16.9 Å². The fourth-order valence-electron chi connectivity index (χ4n) is 1.25. The van der Waals surface area contributed by atoms with Crippen LogP contribution in [0.15, 0.2) is 18.3 Å². The summed E-state index contributed by atoms with van der Waals surface area (Å²) < 4.78 is 1.60. The molecule has 0 radical (unpaired) electrons. The van der Waals surface area contributed by atoms with E-state index in [1.807, 2.05) is 0 Å². The summed E-state index contributed by atoms with van der Waals surface area (Å²) in [5, 5.41) is 11.2. The molecule has 0 aliphatic carbocycles. The number of aliphatic carboxylic acids is 1. The van der Waals surface area contributed by atoms with Crippen molar-refractivity contribution in [2.45, 2.75) is 12.5 Å². The first-order valence-corrected chi connectivity index (χ1v) is 4.64. The Hall–Kier alpha value is -2.22. The zero-order valence-corrected chi connectivity index (χ0v) is 8.80. The van der Waals surface area contributed by atoms with E-state index in [1.165, 1.54) is 0 Å². The molecule has 1 aromatic heterocycles. The van der Waals surface area contributed by atoms with Crippen molar-refractivity contribution in [3.05, 3.63) is 24.0 Å². The smallest absolute Gasteiger partial charge is 0.327 e. The Kier molecular flexibility index (Phi) is 3.72. The van der Waals surface area contributed by atoms with Crippen LogP contribution < -0.4 is 5.32 Å². The van der Waals surface area contributed by atoms with Crippen molar-refractivity contribution in [2.75, 3.05) is 0 Å². The van der Waals surface area contributed by atoms with E-state index in [-0.39, 0.29) is 6.42 Å². The molecule has 1 heterocycles. The van der Waals surface area contributed by atoms with Gasteiger partial charge in [-0.3, -0.25) is 4.79 Å². The van der Waals surface area contributed by atoms with Crippen LogP contribution >= 0.6 is 0 Å². The van der Waals surface area contributed by atoms with E-state index < -0.39 is 17.9 Å². The van der Waals surface area contributed by atoms with E-state index >= 15 is 0 Å². The molecule has 1 aromatic rings. The van der Waals surface area contributed by atoms with Crippen molar-refractivity contribution in [3.63, 3.8) is 0 Å². The van der Waals surface area contributed by atoms with Gasteiger partial charge >= 0.3 is 5.97 Å². The molecule has 5 nitrogen and oxygen atoms in total. The van der Waals surface area contributed by atoms with Gasteiger partial charge in [-0.2, -0.15) is 0 Å². The summed E-state index contributed by atoms with van der Waals surface area (Å²) in [5.41, 5.74) is 0.392. The zero-order chi connectivity index (χ0) is 12.1. The Morgan fingerprint density at radius 2 is 2.38 bits per heavy atom. The SMILES string of the molecule is C#CCC(NC(=O)c1cccn1C)C(=O)O. The molecular formula is C11H12N2O3. The summed E-state index contributed by atoms with van der Waals surface area (Å²) in [6.07, 6.45) is 6.69. The van der Waals surface area contributed by atoms with Crippen LogP contribution in [0.25, 0.3) is 0 Å². The number of nitrogens with zero attached hydrogens (tertiary/aromatic N) is 1. The van der Waals surface area contributed by atoms with Crippen LogP contribution in [-0.2, 0) is 11.8 Å². The zero-order valence-electron chi connectivity index (χ0n) is 8.80. The van der Waals surface area contributed by atoms with Gasteiger partial charge in [0.05, 0.1) is 0 Å². The molecule has 0 aromatic carbocycles. The van der Waals surface area contributed by atoms with Crippen LogP contribution in [0.4, 0.5) is 0 Å². The molecule has 2 N–H and O–H groups in total. The summed E-state index contributed by atoms with van der Waals surface area (Å²) >= 11 is 0. The highest BCUT2D eigenvalue weighted by Crippen LogP contribution is 2.01. The Morgan fingerprint density at radius 3 is 2.81 bits per heavy atom. The molecule has 1 rings (SSSR count). The Balaban J connectivity index is 2.74. The molecule has 84 valence electrons. The summed E-state index contributed by atoms with van der Waals surface area (Å²) in [6, 6.07) is 2.25. The highest BCUT2D eigenvalue weighted by molar-refractivity contribution is 5.95. The van der Waals surface area contributed by atoms with Gasteiger partial charge in [-0.05, 0) is 12.1 Å². The normalized spacial score (nSPS) is 11.5. The molecule has 16 heavy (non-hydrogen) atoms. The number of hydrogen-bond acceptors (Lipinski definition) is 2. The molecule has 5 heteroatoms. The predicted molar refractivity (Wildman–Crippen MR) is 57.8 cm³/mol. The first-order chi connectivity index (χ1) is 7.56. The first-order valence-electron chi connectivity index (χ1n) is 4.64. The van der Waals surface area contributed by atoms with Crippen molar-refractivity contribution in [3.8, 4) is 12.3 Å². The number of carboxylic acid groups (broad SMARTS) is 1. The largest absolute Gasteiger partial charge is 0.480 e. The molecule has 0 fully saturated rings. The van der Waals surface area contributed by atoms with E-state index in [9.17, 15) is 9.59 Å². The topological polar surface area (TPSA) is 71.3 Å². The number of carbonyl (C=O) groups excluding carboxylic acids is 1. The molecule has 1 atom stereocenters. The fraction of sp³-hybridized carbons (Fsp3) is 0.273. The lowest BCUT2D eigenvalue weighted by Crippen LogP contribution is -2.41. The highest BCUT2D eigenvalue weighted by Gasteiger charge is 2.20. The van der Waals surface area contributed by atoms with Gasteiger partial charge in [-0.25, -0.2) is 4.79 Å². The van der Waals surface area contributed by atoms with Gasteiger partial charge in [-0.15, -0.1) is 12.3 Å². The van der Waals surface area contributed by atoms with E-state index in [0.717, 1.165) is 0 Å². The molecule has 1 unspecified atom stereocenters. The number of carboxylic acids is 1. The number of terminal acetylenes is 1. The quantitative estimate of drug-likeness (QED) is 0.713. The number of rotatable bonds is 4. The minimum atomic E-state index is -1.14.